The number of hydrogen-bond acceptors (Lipinski definition) is 12. The molecule has 0 amide bonds. The molecule has 4 N–H and O–H groups in total. The highest BCUT2D eigenvalue weighted by molar-refractivity contribution is 7.91. The number of nitrogens with zero attached hydrogens (tertiary/aromatic N) is 4. The van der Waals surface area contributed by atoms with Crippen LogP contribution in [0.15, 0.2) is 60.1 Å². The van der Waals surface area contributed by atoms with Crippen molar-refractivity contribution in [1.82, 2.24) is 29.9 Å². The van der Waals surface area contributed by atoms with Crippen LogP contribution in [-0.2, 0) is 19.4 Å². The largest absolute Gasteiger partial charge is 0.460 e. The Bertz CT molecular complexity index is 2250. The summed E-state index contributed by atoms with van der Waals surface area (Å²) in [6.45, 7) is 7.62. The van der Waals surface area contributed by atoms with Gasteiger partial charge in [0.1, 0.15) is 26.9 Å². The van der Waals surface area contributed by atoms with Crippen LogP contribution >= 0.6 is 22.7 Å². The Morgan fingerprint density at radius 1 is 0.830 bits per heavy atom. The maximum atomic E-state index is 12.0. The van der Waals surface area contributed by atoms with Crippen molar-refractivity contribution in [3.8, 4) is 21.1 Å². The van der Waals surface area contributed by atoms with Crippen molar-refractivity contribution in [3.05, 3.63) is 60.1 Å². The summed E-state index contributed by atoms with van der Waals surface area (Å²) < 4.78 is 29.5. The van der Waals surface area contributed by atoms with E-state index in [-0.39, 0.29) is 17.9 Å². The third-order valence-electron chi connectivity index (χ3n) is 9.55. The molecule has 0 spiro atoms. The minimum absolute atomic E-state index is 0.105. The SMILES string of the molecule is CC(C)(C)OC(=O)CC1CC(Nc2c(-c3nccs3)cnc3[nH]ccc23)C1.CCCS(=O)(=O)CC1CC(Nc2c(-c3nccs3)cnc3[nH]ccc23)C1. The number of pyridine rings is 2. The Balaban J connectivity index is 0.000000164. The van der Waals surface area contributed by atoms with E-state index in [1.165, 1.54) is 0 Å². The normalized spacial score (nSPS) is 19.9. The molecule has 6 aromatic heterocycles. The zero-order chi connectivity index (χ0) is 37.2. The monoisotopic (exact) mass is 774 g/mol. The number of aromatic nitrogens is 6. The summed E-state index contributed by atoms with van der Waals surface area (Å²) in [6, 6.07) is 4.69. The number of anilines is 2. The molecule has 12 nitrogen and oxygen atoms in total. The third kappa shape index (κ3) is 8.90. The van der Waals surface area contributed by atoms with E-state index in [0.29, 0.717) is 36.3 Å². The van der Waals surface area contributed by atoms with Crippen LogP contribution in [0.3, 0.4) is 0 Å². The van der Waals surface area contributed by atoms with Crippen molar-refractivity contribution in [2.24, 2.45) is 11.8 Å². The Kier molecular flexibility index (Phi) is 10.9. The molecule has 8 rings (SSSR count). The predicted molar refractivity (Wildman–Crippen MR) is 214 cm³/mol. The highest BCUT2D eigenvalue weighted by atomic mass is 32.2. The molecule has 0 aromatic carbocycles. The van der Waals surface area contributed by atoms with Crippen molar-refractivity contribution < 1.29 is 17.9 Å². The fraction of sp³-hybridized carbons (Fsp3) is 0.447. The summed E-state index contributed by atoms with van der Waals surface area (Å²) in [4.78, 5) is 36.2. The first-order valence-corrected chi connectivity index (χ1v) is 21.7. The smallest absolute Gasteiger partial charge is 0.306 e. The van der Waals surface area contributed by atoms with Gasteiger partial charge in [-0.3, -0.25) is 4.79 Å². The van der Waals surface area contributed by atoms with Crippen LogP contribution in [0.25, 0.3) is 43.2 Å². The minimum atomic E-state index is -2.91. The second-order valence-corrected chi connectivity index (χ2v) is 19.0. The number of thiazole rings is 2. The lowest BCUT2D eigenvalue weighted by Crippen LogP contribution is -2.39. The van der Waals surface area contributed by atoms with Gasteiger partial charge in [0.2, 0.25) is 0 Å². The van der Waals surface area contributed by atoms with Gasteiger partial charge in [0.15, 0.2) is 9.84 Å². The van der Waals surface area contributed by atoms with Gasteiger partial charge in [0.05, 0.1) is 28.3 Å². The predicted octanol–water partition coefficient (Wildman–Crippen LogP) is 8.31. The van der Waals surface area contributed by atoms with Crippen molar-refractivity contribution in [2.45, 2.75) is 83.9 Å². The average Bonchev–Trinajstić information content (AvgIpc) is 3.90. The fourth-order valence-corrected chi connectivity index (χ4v) is 10.2. The van der Waals surface area contributed by atoms with Gasteiger partial charge < -0.3 is 25.3 Å². The van der Waals surface area contributed by atoms with E-state index < -0.39 is 15.4 Å². The molecule has 2 aliphatic carbocycles. The van der Waals surface area contributed by atoms with Gasteiger partial charge in [0, 0.05) is 83.0 Å². The number of esters is 1. The van der Waals surface area contributed by atoms with Gasteiger partial charge in [-0.1, -0.05) is 6.92 Å². The molecular weight excluding hydrogens is 729 g/mol. The van der Waals surface area contributed by atoms with Crippen LogP contribution < -0.4 is 10.6 Å². The van der Waals surface area contributed by atoms with E-state index in [1.54, 1.807) is 28.9 Å². The van der Waals surface area contributed by atoms with Crippen molar-refractivity contribution in [1.29, 1.82) is 0 Å². The summed E-state index contributed by atoms with van der Waals surface area (Å²) in [7, 11) is -2.91. The number of aromatic amines is 2. The quantitative estimate of drug-likeness (QED) is 0.0888. The van der Waals surface area contributed by atoms with Crippen LogP contribution in [0.4, 0.5) is 11.4 Å². The van der Waals surface area contributed by atoms with E-state index in [9.17, 15) is 13.2 Å². The Hall–Kier alpha value is -4.34. The number of nitrogens with one attached hydrogen (secondary N) is 4. The van der Waals surface area contributed by atoms with Crippen molar-refractivity contribution in [2.75, 3.05) is 22.1 Å². The second kappa shape index (κ2) is 15.6. The molecule has 0 aliphatic heterocycles. The lowest BCUT2D eigenvalue weighted by molar-refractivity contribution is -0.156. The van der Waals surface area contributed by atoms with E-state index in [2.05, 4.69) is 40.5 Å². The molecule has 15 heteroatoms. The Labute approximate surface area is 317 Å². The van der Waals surface area contributed by atoms with Crippen molar-refractivity contribution in [3.63, 3.8) is 0 Å². The van der Waals surface area contributed by atoms with Crippen LogP contribution in [0.1, 0.15) is 66.2 Å². The second-order valence-electron chi connectivity index (χ2n) is 15.0. The minimum Gasteiger partial charge on any atom is -0.460 e. The lowest BCUT2D eigenvalue weighted by Gasteiger charge is -2.37. The highest BCUT2D eigenvalue weighted by Gasteiger charge is 2.34. The number of carbonyl (C=O) groups is 1. The number of hydrogen-bond donors (Lipinski definition) is 4. The maximum absolute atomic E-state index is 12.0. The number of rotatable bonds is 12. The van der Waals surface area contributed by atoms with Crippen LogP contribution in [0, 0.1) is 11.8 Å². The Morgan fingerprint density at radius 2 is 1.34 bits per heavy atom. The van der Waals surface area contributed by atoms with Gasteiger partial charge in [0.25, 0.3) is 0 Å². The zero-order valence-electron chi connectivity index (χ0n) is 30.4. The van der Waals surface area contributed by atoms with E-state index in [0.717, 1.165) is 80.3 Å². The first-order valence-electron chi connectivity index (χ1n) is 18.1. The number of ether oxygens (including phenoxy) is 1. The van der Waals surface area contributed by atoms with Gasteiger partial charge in [-0.05, 0) is 76.8 Å². The molecule has 280 valence electrons. The zero-order valence-corrected chi connectivity index (χ0v) is 32.8. The van der Waals surface area contributed by atoms with Crippen molar-refractivity contribution >= 4 is 71.9 Å². The summed E-state index contributed by atoms with van der Waals surface area (Å²) in [5.41, 5.74) is 5.40. The molecule has 2 aliphatic rings. The van der Waals surface area contributed by atoms with Crippen LogP contribution in [-0.4, -0.2) is 73.5 Å². The molecule has 0 radical (unpaired) electrons. The van der Waals surface area contributed by atoms with Gasteiger partial charge in [-0.15, -0.1) is 22.7 Å². The molecule has 6 aromatic rings. The van der Waals surface area contributed by atoms with Gasteiger partial charge >= 0.3 is 5.97 Å². The fourth-order valence-electron chi connectivity index (χ4n) is 7.15. The molecule has 53 heavy (non-hydrogen) atoms. The highest BCUT2D eigenvalue weighted by Crippen LogP contribution is 2.41. The summed E-state index contributed by atoms with van der Waals surface area (Å²) in [6.07, 6.45) is 16.0. The molecular formula is C38H46N8O4S3. The van der Waals surface area contributed by atoms with Crippen LogP contribution in [0.2, 0.25) is 0 Å². The summed E-state index contributed by atoms with van der Waals surface area (Å²) in [5.74, 6) is 1.14. The molecule has 0 saturated heterocycles. The van der Waals surface area contributed by atoms with Gasteiger partial charge in [-0.25, -0.2) is 28.4 Å². The number of fused-ring (bicyclic) bond motifs is 2. The summed E-state index contributed by atoms with van der Waals surface area (Å²) in [5, 5.41) is 15.2. The van der Waals surface area contributed by atoms with Crippen LogP contribution in [0.5, 0.6) is 0 Å². The topological polar surface area (TPSA) is 168 Å². The molecule has 2 fully saturated rings. The number of carbonyl (C=O) groups excluding carboxylic acids is 1. The molecule has 0 atom stereocenters. The molecule has 2 saturated carbocycles. The third-order valence-corrected chi connectivity index (χ3v) is 13.2. The lowest BCUT2D eigenvalue weighted by atomic mass is 9.78. The maximum Gasteiger partial charge on any atom is 0.306 e. The molecule has 0 unspecified atom stereocenters. The van der Waals surface area contributed by atoms with E-state index in [1.807, 2.05) is 81.6 Å². The average molecular weight is 775 g/mol. The van der Waals surface area contributed by atoms with E-state index in [4.69, 9.17) is 4.74 Å². The first-order chi connectivity index (χ1) is 25.4. The standard InChI is InChI=1S/C20H24N4O2S.C18H22N4O2S2/c1-20(2,3)26-16(25)10-12-8-13(9-12)24-17-14-4-5-21-18(14)23-11-15(17)19-22-6-7-27-19;1-2-7-26(23,24)11-12-8-13(9-12)22-16-14-3-4-19-17(14)21-10-15(16)18-20-5-6-25-18/h4-7,11-13H,8-10H2,1-3H3,(H2,21,23,24);3-6,10,12-13H,2,7-9,11H2,1H3,(H2,19,21,22). The first kappa shape index (κ1) is 37.0. The molecule has 6 heterocycles. The summed E-state index contributed by atoms with van der Waals surface area (Å²) >= 11 is 3.19. The van der Waals surface area contributed by atoms with E-state index >= 15 is 0 Å². The molecule has 0 bridgehead atoms. The number of H-pyrrole nitrogens is 2. The number of sulfone groups is 1. The van der Waals surface area contributed by atoms with Gasteiger partial charge in [-0.2, -0.15) is 0 Å². The Morgan fingerprint density at radius 3 is 1.79 bits per heavy atom.